The van der Waals surface area contributed by atoms with E-state index in [1.807, 2.05) is 12.1 Å². The molecule has 1 amide bonds. The van der Waals surface area contributed by atoms with Crippen LogP contribution in [0.25, 0.3) is 0 Å². The molecule has 5 nitrogen and oxygen atoms in total. The summed E-state index contributed by atoms with van der Waals surface area (Å²) in [4.78, 5) is 16.7. The molecule has 2 heterocycles. The molecule has 2 N–H and O–H groups in total. The van der Waals surface area contributed by atoms with Crippen LogP contribution in [-0.4, -0.2) is 50.1 Å². The fraction of sp³-hybridized carbons (Fsp3) is 0.350. The van der Waals surface area contributed by atoms with Gasteiger partial charge in [-0.3, -0.25) is 9.69 Å². The van der Waals surface area contributed by atoms with Gasteiger partial charge in [-0.1, -0.05) is 18.2 Å². The molecular formula is C20H24N4O. The Balaban J connectivity index is 1.38. The lowest BCUT2D eigenvalue weighted by Crippen LogP contribution is -2.46. The minimum absolute atomic E-state index is 0.0566. The highest BCUT2D eigenvalue weighted by Gasteiger charge is 2.19. The van der Waals surface area contributed by atoms with E-state index >= 15 is 0 Å². The van der Waals surface area contributed by atoms with Gasteiger partial charge >= 0.3 is 0 Å². The second-order valence-electron chi connectivity index (χ2n) is 6.65. The van der Waals surface area contributed by atoms with E-state index in [0.717, 1.165) is 44.8 Å². The average Bonchev–Trinajstić information content (AvgIpc) is 3.07. The fourth-order valence-corrected chi connectivity index (χ4v) is 3.60. The summed E-state index contributed by atoms with van der Waals surface area (Å²) in [6, 6.07) is 16.7. The summed E-state index contributed by atoms with van der Waals surface area (Å²) in [5.74, 6) is 0.0566. The number of carbonyl (C=O) groups is 1. The number of carbonyl (C=O) groups excluding carboxylic acids is 1. The van der Waals surface area contributed by atoms with Gasteiger partial charge in [0.05, 0.1) is 6.54 Å². The van der Waals surface area contributed by atoms with Gasteiger partial charge in [0.25, 0.3) is 0 Å². The van der Waals surface area contributed by atoms with Crippen LogP contribution in [-0.2, 0) is 11.2 Å². The van der Waals surface area contributed by atoms with Crippen molar-refractivity contribution < 1.29 is 4.79 Å². The quantitative estimate of drug-likeness (QED) is 0.899. The Morgan fingerprint density at radius 3 is 2.56 bits per heavy atom. The van der Waals surface area contributed by atoms with Crippen LogP contribution in [0.3, 0.4) is 0 Å². The number of hydrogen-bond donors (Lipinski definition) is 2. The van der Waals surface area contributed by atoms with Crippen LogP contribution < -0.4 is 15.5 Å². The van der Waals surface area contributed by atoms with Gasteiger partial charge in [0.2, 0.25) is 5.91 Å². The average molecular weight is 336 g/mol. The van der Waals surface area contributed by atoms with Gasteiger partial charge in [-0.2, -0.15) is 0 Å². The summed E-state index contributed by atoms with van der Waals surface area (Å²) in [7, 11) is 0. The first-order valence-corrected chi connectivity index (χ1v) is 8.98. The Morgan fingerprint density at radius 1 is 1.00 bits per heavy atom. The zero-order valence-electron chi connectivity index (χ0n) is 14.4. The zero-order chi connectivity index (χ0) is 17.1. The molecule has 2 aliphatic heterocycles. The van der Waals surface area contributed by atoms with Gasteiger partial charge in [-0.25, -0.2) is 0 Å². The molecule has 0 aromatic heterocycles. The normalized spacial score (nSPS) is 17.4. The predicted molar refractivity (Wildman–Crippen MR) is 102 cm³/mol. The summed E-state index contributed by atoms with van der Waals surface area (Å²) in [6.45, 7) is 5.25. The molecule has 4 rings (SSSR count). The summed E-state index contributed by atoms with van der Waals surface area (Å²) < 4.78 is 0. The SMILES string of the molecule is O=C(CN1CCNCC1)Nc1ccc(N2CCc3ccccc32)cc1. The van der Waals surface area contributed by atoms with Crippen LogP contribution in [0.2, 0.25) is 0 Å². The molecule has 0 spiro atoms. The third-order valence-corrected chi connectivity index (χ3v) is 4.93. The molecule has 0 aliphatic carbocycles. The van der Waals surface area contributed by atoms with Crippen molar-refractivity contribution in [1.29, 1.82) is 0 Å². The molecule has 2 aromatic carbocycles. The molecule has 2 aliphatic rings. The van der Waals surface area contributed by atoms with Gasteiger partial charge in [0, 0.05) is 49.8 Å². The van der Waals surface area contributed by atoms with Gasteiger partial charge < -0.3 is 15.5 Å². The minimum atomic E-state index is 0.0566. The number of benzene rings is 2. The summed E-state index contributed by atoms with van der Waals surface area (Å²) in [5, 5.41) is 6.31. The number of anilines is 3. The van der Waals surface area contributed by atoms with E-state index in [1.54, 1.807) is 0 Å². The predicted octanol–water partition coefficient (Wildman–Crippen LogP) is 2.22. The van der Waals surface area contributed by atoms with Crippen LogP contribution >= 0.6 is 0 Å². The topological polar surface area (TPSA) is 47.6 Å². The molecule has 1 fully saturated rings. The number of rotatable bonds is 4. The summed E-state index contributed by atoms with van der Waals surface area (Å²) in [6.07, 6.45) is 1.08. The van der Waals surface area contributed by atoms with Crippen molar-refractivity contribution in [2.24, 2.45) is 0 Å². The maximum atomic E-state index is 12.2. The van der Waals surface area contributed by atoms with Gasteiger partial charge in [0.1, 0.15) is 0 Å². The van der Waals surface area contributed by atoms with Crippen LogP contribution in [0.4, 0.5) is 17.1 Å². The van der Waals surface area contributed by atoms with E-state index in [9.17, 15) is 4.79 Å². The Morgan fingerprint density at radius 2 is 1.76 bits per heavy atom. The van der Waals surface area contributed by atoms with Crippen LogP contribution in [0.1, 0.15) is 5.56 Å². The first kappa shape index (κ1) is 16.1. The van der Waals surface area contributed by atoms with Crippen molar-refractivity contribution in [1.82, 2.24) is 10.2 Å². The second-order valence-corrected chi connectivity index (χ2v) is 6.65. The molecule has 0 atom stereocenters. The molecule has 25 heavy (non-hydrogen) atoms. The van der Waals surface area contributed by atoms with Gasteiger partial charge in [-0.05, 0) is 42.3 Å². The van der Waals surface area contributed by atoms with E-state index < -0.39 is 0 Å². The van der Waals surface area contributed by atoms with Crippen LogP contribution in [0, 0.1) is 0 Å². The van der Waals surface area contributed by atoms with Crippen molar-refractivity contribution in [3.05, 3.63) is 54.1 Å². The number of hydrogen-bond acceptors (Lipinski definition) is 4. The van der Waals surface area contributed by atoms with E-state index in [4.69, 9.17) is 0 Å². The lowest BCUT2D eigenvalue weighted by atomic mass is 10.2. The number of para-hydroxylation sites is 1. The smallest absolute Gasteiger partial charge is 0.238 e. The van der Waals surface area contributed by atoms with E-state index in [1.165, 1.54) is 16.9 Å². The first-order chi connectivity index (χ1) is 12.3. The van der Waals surface area contributed by atoms with Crippen molar-refractivity contribution >= 4 is 23.0 Å². The molecule has 130 valence electrons. The Labute approximate surface area is 148 Å². The van der Waals surface area contributed by atoms with Crippen LogP contribution in [0.5, 0.6) is 0 Å². The Hall–Kier alpha value is -2.37. The van der Waals surface area contributed by atoms with Crippen molar-refractivity contribution in [2.45, 2.75) is 6.42 Å². The number of amides is 1. The number of nitrogens with one attached hydrogen (secondary N) is 2. The highest BCUT2D eigenvalue weighted by molar-refractivity contribution is 5.92. The highest BCUT2D eigenvalue weighted by atomic mass is 16.2. The van der Waals surface area contributed by atoms with Crippen molar-refractivity contribution in [3.8, 4) is 0 Å². The maximum absolute atomic E-state index is 12.2. The minimum Gasteiger partial charge on any atom is -0.341 e. The molecule has 5 heteroatoms. The summed E-state index contributed by atoms with van der Waals surface area (Å²) in [5.41, 5.74) is 4.72. The van der Waals surface area contributed by atoms with E-state index in [2.05, 4.69) is 56.8 Å². The standard InChI is InChI=1S/C20H24N4O/c25-20(15-23-13-10-21-11-14-23)22-17-5-7-18(8-6-17)24-12-9-16-3-1-2-4-19(16)24/h1-8,21H,9-15H2,(H,22,25). The Kier molecular flexibility index (Phi) is 4.68. The van der Waals surface area contributed by atoms with Crippen molar-refractivity contribution in [2.75, 3.05) is 49.5 Å². The van der Waals surface area contributed by atoms with Crippen LogP contribution in [0.15, 0.2) is 48.5 Å². The zero-order valence-corrected chi connectivity index (χ0v) is 14.4. The number of piperazine rings is 1. The van der Waals surface area contributed by atoms with E-state index in [-0.39, 0.29) is 5.91 Å². The molecular weight excluding hydrogens is 312 g/mol. The molecule has 1 saturated heterocycles. The van der Waals surface area contributed by atoms with Crippen molar-refractivity contribution in [3.63, 3.8) is 0 Å². The third-order valence-electron chi connectivity index (χ3n) is 4.93. The lowest BCUT2D eigenvalue weighted by Gasteiger charge is -2.26. The second kappa shape index (κ2) is 7.25. The summed E-state index contributed by atoms with van der Waals surface area (Å²) >= 11 is 0. The largest absolute Gasteiger partial charge is 0.341 e. The lowest BCUT2D eigenvalue weighted by molar-refractivity contribution is -0.117. The molecule has 0 unspecified atom stereocenters. The van der Waals surface area contributed by atoms with E-state index in [0.29, 0.717) is 6.54 Å². The number of fused-ring (bicyclic) bond motifs is 1. The molecule has 0 saturated carbocycles. The third kappa shape index (κ3) is 3.67. The first-order valence-electron chi connectivity index (χ1n) is 8.98. The monoisotopic (exact) mass is 336 g/mol. The molecule has 0 radical (unpaired) electrons. The van der Waals surface area contributed by atoms with Gasteiger partial charge in [0.15, 0.2) is 0 Å². The molecule has 0 bridgehead atoms. The Bertz CT molecular complexity index is 738. The maximum Gasteiger partial charge on any atom is 0.238 e. The van der Waals surface area contributed by atoms with Gasteiger partial charge in [-0.15, -0.1) is 0 Å². The fourth-order valence-electron chi connectivity index (χ4n) is 3.60. The number of nitrogens with zero attached hydrogens (tertiary/aromatic N) is 2. The highest BCUT2D eigenvalue weighted by Crippen LogP contribution is 2.34. The molecule has 2 aromatic rings.